The molecule has 100 valence electrons. The molecule has 0 radical (unpaired) electrons. The number of rotatable bonds is 5. The lowest BCUT2D eigenvalue weighted by Gasteiger charge is -2.22. The summed E-state index contributed by atoms with van der Waals surface area (Å²) < 4.78 is 0. The number of nitrogens with one attached hydrogen (secondary N) is 1. The smallest absolute Gasteiger partial charge is 0.254 e. The van der Waals surface area contributed by atoms with E-state index in [1.165, 1.54) is 12.8 Å². The number of nitrogens with zero attached hydrogens (tertiary/aromatic N) is 1. The summed E-state index contributed by atoms with van der Waals surface area (Å²) >= 11 is 0. The van der Waals surface area contributed by atoms with E-state index in [-0.39, 0.29) is 5.91 Å². The van der Waals surface area contributed by atoms with Crippen LogP contribution in [0.4, 0.5) is 0 Å². The first-order valence-electron chi connectivity index (χ1n) is 7.15. The van der Waals surface area contributed by atoms with Gasteiger partial charge in [-0.2, -0.15) is 0 Å². The number of carbonyl (C=O) groups is 1. The Morgan fingerprint density at radius 2 is 2.21 bits per heavy atom. The van der Waals surface area contributed by atoms with E-state index >= 15 is 0 Å². The van der Waals surface area contributed by atoms with Gasteiger partial charge in [-0.05, 0) is 43.4 Å². The van der Waals surface area contributed by atoms with Crippen molar-refractivity contribution in [3.05, 3.63) is 36.0 Å². The molecule has 1 aromatic heterocycles. The number of aromatic amines is 1. The second kappa shape index (κ2) is 5.08. The fourth-order valence-electron chi connectivity index (χ4n) is 2.60. The monoisotopic (exact) mass is 256 g/mol. The third kappa shape index (κ3) is 2.50. The van der Waals surface area contributed by atoms with Gasteiger partial charge in [0.25, 0.3) is 5.91 Å². The van der Waals surface area contributed by atoms with Crippen LogP contribution in [0.3, 0.4) is 0 Å². The maximum absolute atomic E-state index is 12.7. The zero-order valence-corrected chi connectivity index (χ0v) is 11.4. The molecule has 3 heteroatoms. The fourth-order valence-corrected chi connectivity index (χ4v) is 2.60. The Balaban J connectivity index is 1.89. The van der Waals surface area contributed by atoms with Crippen LogP contribution in [-0.4, -0.2) is 28.9 Å². The Morgan fingerprint density at radius 1 is 1.37 bits per heavy atom. The molecule has 0 aliphatic heterocycles. The van der Waals surface area contributed by atoms with Crippen LogP contribution in [-0.2, 0) is 0 Å². The molecule has 0 unspecified atom stereocenters. The molecule has 1 saturated carbocycles. The van der Waals surface area contributed by atoms with Crippen molar-refractivity contribution >= 4 is 16.8 Å². The van der Waals surface area contributed by atoms with E-state index in [0.717, 1.165) is 41.9 Å². The first kappa shape index (κ1) is 12.3. The second-order valence-corrected chi connectivity index (χ2v) is 5.44. The van der Waals surface area contributed by atoms with Gasteiger partial charge in [0.2, 0.25) is 0 Å². The molecule has 1 aromatic carbocycles. The molecule has 1 amide bonds. The number of carbonyl (C=O) groups excluding carboxylic acids is 1. The Hall–Kier alpha value is -1.77. The van der Waals surface area contributed by atoms with Crippen molar-refractivity contribution in [2.75, 3.05) is 13.1 Å². The van der Waals surface area contributed by atoms with Gasteiger partial charge in [-0.1, -0.05) is 13.0 Å². The minimum atomic E-state index is 0.180. The van der Waals surface area contributed by atoms with Crippen LogP contribution in [0.25, 0.3) is 10.9 Å². The summed E-state index contributed by atoms with van der Waals surface area (Å²) in [4.78, 5) is 17.9. The molecule has 0 bridgehead atoms. The third-order valence-electron chi connectivity index (χ3n) is 3.78. The van der Waals surface area contributed by atoms with Crippen molar-refractivity contribution in [1.29, 1.82) is 0 Å². The standard InChI is InChI=1S/C16H20N2O/c1-2-10-18(11-12-6-7-12)16(19)14-4-3-5-15-13(14)8-9-17-15/h3-5,8-9,12,17H,2,6-7,10-11H2,1H3. The first-order chi connectivity index (χ1) is 9.29. The fraction of sp³-hybridized carbons (Fsp3) is 0.438. The van der Waals surface area contributed by atoms with Gasteiger partial charge >= 0.3 is 0 Å². The van der Waals surface area contributed by atoms with E-state index in [1.807, 2.05) is 35.4 Å². The molecule has 3 rings (SSSR count). The van der Waals surface area contributed by atoms with Crippen LogP contribution in [0.1, 0.15) is 36.5 Å². The Kier molecular flexibility index (Phi) is 3.28. The van der Waals surface area contributed by atoms with Crippen molar-refractivity contribution in [3.8, 4) is 0 Å². The molecular weight excluding hydrogens is 236 g/mol. The maximum atomic E-state index is 12.7. The van der Waals surface area contributed by atoms with Gasteiger partial charge in [0.1, 0.15) is 0 Å². The van der Waals surface area contributed by atoms with Crippen LogP contribution < -0.4 is 0 Å². The SMILES string of the molecule is CCCN(CC1CC1)C(=O)c1cccc2[nH]ccc12. The van der Waals surface area contributed by atoms with E-state index < -0.39 is 0 Å². The normalized spacial score (nSPS) is 14.8. The summed E-state index contributed by atoms with van der Waals surface area (Å²) in [7, 11) is 0. The zero-order valence-electron chi connectivity index (χ0n) is 11.4. The zero-order chi connectivity index (χ0) is 13.2. The molecule has 3 nitrogen and oxygen atoms in total. The van der Waals surface area contributed by atoms with Crippen LogP contribution >= 0.6 is 0 Å². The number of benzene rings is 1. The van der Waals surface area contributed by atoms with Gasteiger partial charge in [-0.3, -0.25) is 4.79 Å². The summed E-state index contributed by atoms with van der Waals surface area (Å²) in [5.41, 5.74) is 1.86. The van der Waals surface area contributed by atoms with Crippen molar-refractivity contribution in [3.63, 3.8) is 0 Å². The number of hydrogen-bond donors (Lipinski definition) is 1. The summed E-state index contributed by atoms with van der Waals surface area (Å²) in [6.45, 7) is 3.91. The Morgan fingerprint density at radius 3 is 2.95 bits per heavy atom. The molecule has 1 N–H and O–H groups in total. The second-order valence-electron chi connectivity index (χ2n) is 5.44. The molecule has 0 atom stereocenters. The van der Waals surface area contributed by atoms with Gasteiger partial charge < -0.3 is 9.88 Å². The van der Waals surface area contributed by atoms with Gasteiger partial charge in [-0.25, -0.2) is 0 Å². The average Bonchev–Trinajstić information content (AvgIpc) is 3.11. The van der Waals surface area contributed by atoms with E-state index in [9.17, 15) is 4.79 Å². The number of fused-ring (bicyclic) bond motifs is 1. The topological polar surface area (TPSA) is 36.1 Å². The highest BCUT2D eigenvalue weighted by Gasteiger charge is 2.27. The maximum Gasteiger partial charge on any atom is 0.254 e. The highest BCUT2D eigenvalue weighted by Crippen LogP contribution is 2.30. The van der Waals surface area contributed by atoms with Crippen LogP contribution in [0.15, 0.2) is 30.5 Å². The van der Waals surface area contributed by atoms with Gasteiger partial charge in [0.05, 0.1) is 0 Å². The Labute approximate surface area is 113 Å². The highest BCUT2D eigenvalue weighted by molar-refractivity contribution is 6.06. The lowest BCUT2D eigenvalue weighted by Crippen LogP contribution is -2.33. The van der Waals surface area contributed by atoms with Crippen molar-refractivity contribution in [1.82, 2.24) is 9.88 Å². The first-order valence-corrected chi connectivity index (χ1v) is 7.15. The van der Waals surface area contributed by atoms with E-state index in [1.54, 1.807) is 0 Å². The van der Waals surface area contributed by atoms with Crippen LogP contribution in [0.5, 0.6) is 0 Å². The summed E-state index contributed by atoms with van der Waals surface area (Å²) in [6.07, 6.45) is 5.47. The van der Waals surface area contributed by atoms with Crippen molar-refractivity contribution < 1.29 is 4.79 Å². The van der Waals surface area contributed by atoms with Gasteiger partial charge in [0.15, 0.2) is 0 Å². The van der Waals surface area contributed by atoms with E-state index in [4.69, 9.17) is 0 Å². The van der Waals surface area contributed by atoms with Crippen LogP contribution in [0, 0.1) is 5.92 Å². The molecule has 1 fully saturated rings. The molecule has 19 heavy (non-hydrogen) atoms. The van der Waals surface area contributed by atoms with E-state index in [0.29, 0.717) is 0 Å². The minimum absolute atomic E-state index is 0.180. The quantitative estimate of drug-likeness (QED) is 0.874. The van der Waals surface area contributed by atoms with E-state index in [2.05, 4.69) is 11.9 Å². The largest absolute Gasteiger partial charge is 0.361 e. The predicted octanol–water partition coefficient (Wildman–Crippen LogP) is 3.43. The summed E-state index contributed by atoms with van der Waals surface area (Å²) in [5, 5.41) is 1.03. The predicted molar refractivity (Wildman–Crippen MR) is 77.2 cm³/mol. The molecule has 0 spiro atoms. The molecular formula is C16H20N2O. The molecule has 1 aliphatic rings. The Bertz CT molecular complexity index is 583. The number of aromatic nitrogens is 1. The molecule has 1 aliphatic carbocycles. The lowest BCUT2D eigenvalue weighted by molar-refractivity contribution is 0.0749. The highest BCUT2D eigenvalue weighted by atomic mass is 16.2. The number of hydrogen-bond acceptors (Lipinski definition) is 1. The molecule has 2 aromatic rings. The summed E-state index contributed by atoms with van der Waals surface area (Å²) in [5.74, 6) is 0.917. The molecule has 1 heterocycles. The lowest BCUT2D eigenvalue weighted by atomic mass is 10.1. The van der Waals surface area contributed by atoms with Gasteiger partial charge in [0, 0.05) is 35.8 Å². The average molecular weight is 256 g/mol. The number of amides is 1. The number of H-pyrrole nitrogens is 1. The minimum Gasteiger partial charge on any atom is -0.361 e. The molecule has 0 saturated heterocycles. The third-order valence-corrected chi connectivity index (χ3v) is 3.78. The van der Waals surface area contributed by atoms with Gasteiger partial charge in [-0.15, -0.1) is 0 Å². The van der Waals surface area contributed by atoms with Crippen molar-refractivity contribution in [2.24, 2.45) is 5.92 Å². The van der Waals surface area contributed by atoms with Crippen LogP contribution in [0.2, 0.25) is 0 Å². The van der Waals surface area contributed by atoms with Crippen molar-refractivity contribution in [2.45, 2.75) is 26.2 Å². The summed E-state index contributed by atoms with van der Waals surface area (Å²) in [6, 6.07) is 7.89.